The van der Waals surface area contributed by atoms with E-state index < -0.39 is 0 Å². The van der Waals surface area contributed by atoms with Crippen molar-refractivity contribution in [1.82, 2.24) is 4.90 Å². The summed E-state index contributed by atoms with van der Waals surface area (Å²) in [5, 5.41) is 0. The third-order valence-corrected chi connectivity index (χ3v) is 6.55. The first-order valence-electron chi connectivity index (χ1n) is 13.7. The molecule has 0 bridgehead atoms. The summed E-state index contributed by atoms with van der Waals surface area (Å²) in [6.45, 7) is 14.2. The second kappa shape index (κ2) is 17.6. The Labute approximate surface area is 226 Å². The van der Waals surface area contributed by atoms with Crippen molar-refractivity contribution in [2.75, 3.05) is 33.2 Å². The van der Waals surface area contributed by atoms with Crippen molar-refractivity contribution in [2.45, 2.75) is 106 Å². The summed E-state index contributed by atoms with van der Waals surface area (Å²) in [7, 11) is 7.39. The number of carbonyl (C=O) groups is 2. The van der Waals surface area contributed by atoms with Crippen LogP contribution >= 0.6 is 11.3 Å². The van der Waals surface area contributed by atoms with Crippen molar-refractivity contribution in [1.29, 1.82) is 0 Å². The smallest absolute Gasteiger partial charge is 0.350 e. The molecule has 2 fully saturated rings. The highest BCUT2D eigenvalue weighted by atomic mass is 32.1. The molecule has 0 aromatic carbocycles. The molecule has 3 rings (SSSR count). The number of rotatable bonds is 4. The molecule has 2 saturated carbocycles. The summed E-state index contributed by atoms with van der Waals surface area (Å²) < 4.78 is 5.03. The molecule has 0 unspecified atom stereocenters. The minimum Gasteiger partial charge on any atom is -0.465 e. The SMILES string of the molecule is CC.CC.CN(C)C.COC(=O)c1sc(C#CC(C)(C)C)cc1N(C(=O)C1CCCCC1)C1CCC1. The van der Waals surface area contributed by atoms with Crippen LogP contribution < -0.4 is 4.90 Å². The van der Waals surface area contributed by atoms with E-state index in [-0.39, 0.29) is 29.3 Å². The minimum atomic E-state index is -0.385. The molecule has 1 heterocycles. The van der Waals surface area contributed by atoms with Crippen LogP contribution in [0, 0.1) is 23.2 Å². The summed E-state index contributed by atoms with van der Waals surface area (Å²) >= 11 is 1.34. The highest BCUT2D eigenvalue weighted by Gasteiger charge is 2.37. The molecule has 0 aliphatic heterocycles. The van der Waals surface area contributed by atoms with Gasteiger partial charge < -0.3 is 14.5 Å². The lowest BCUT2D eigenvalue weighted by atomic mass is 9.85. The van der Waals surface area contributed by atoms with E-state index in [4.69, 9.17) is 4.74 Å². The number of amides is 1. The topological polar surface area (TPSA) is 49.9 Å². The zero-order valence-electron chi connectivity index (χ0n) is 24.9. The average Bonchev–Trinajstić information content (AvgIpc) is 3.25. The molecule has 2 aliphatic rings. The number of thiophene rings is 1. The predicted molar refractivity (Wildman–Crippen MR) is 156 cm³/mol. The minimum absolute atomic E-state index is 0.0730. The van der Waals surface area contributed by atoms with Gasteiger partial charge in [0.2, 0.25) is 5.91 Å². The molecule has 206 valence electrons. The molecule has 0 spiro atoms. The fourth-order valence-corrected chi connectivity index (χ4v) is 4.72. The Kier molecular flexibility index (Phi) is 16.7. The molecular weight excluding hydrogens is 468 g/mol. The van der Waals surface area contributed by atoms with Gasteiger partial charge in [-0.15, -0.1) is 11.3 Å². The largest absolute Gasteiger partial charge is 0.465 e. The van der Waals surface area contributed by atoms with Crippen molar-refractivity contribution < 1.29 is 14.3 Å². The first-order chi connectivity index (χ1) is 17.0. The predicted octanol–water partition coefficient (Wildman–Crippen LogP) is 7.63. The number of hydrogen-bond donors (Lipinski definition) is 0. The summed E-state index contributed by atoms with van der Waals surface area (Å²) in [4.78, 5) is 31.2. The molecule has 6 heteroatoms. The highest BCUT2D eigenvalue weighted by molar-refractivity contribution is 7.15. The van der Waals surface area contributed by atoms with E-state index in [1.54, 1.807) is 0 Å². The lowest BCUT2D eigenvalue weighted by Crippen LogP contribution is -2.47. The summed E-state index contributed by atoms with van der Waals surface area (Å²) in [6, 6.07) is 2.12. The fraction of sp³-hybridized carbons (Fsp3) is 0.733. The molecule has 0 atom stereocenters. The molecule has 1 aromatic rings. The van der Waals surface area contributed by atoms with E-state index in [1.165, 1.54) is 24.9 Å². The number of ether oxygens (including phenoxy) is 1. The third kappa shape index (κ3) is 11.5. The summed E-state index contributed by atoms with van der Waals surface area (Å²) in [5.41, 5.74) is 0.580. The monoisotopic (exact) mass is 520 g/mol. The molecule has 5 nitrogen and oxygen atoms in total. The van der Waals surface area contributed by atoms with Gasteiger partial charge in [-0.2, -0.15) is 0 Å². The van der Waals surface area contributed by atoms with E-state index >= 15 is 0 Å². The Bertz CT molecular complexity index is 830. The Hall–Kier alpha value is -1.84. The number of esters is 1. The van der Waals surface area contributed by atoms with E-state index in [0.29, 0.717) is 10.6 Å². The molecule has 36 heavy (non-hydrogen) atoms. The highest BCUT2D eigenvalue weighted by Crippen LogP contribution is 2.39. The molecular formula is C30H52N2O3S. The number of anilines is 1. The van der Waals surface area contributed by atoms with Crippen LogP contribution in [0.1, 0.15) is 114 Å². The van der Waals surface area contributed by atoms with Crippen LogP contribution in [0.4, 0.5) is 5.69 Å². The van der Waals surface area contributed by atoms with Crippen molar-refractivity contribution in [3.05, 3.63) is 15.8 Å². The van der Waals surface area contributed by atoms with Gasteiger partial charge in [0.05, 0.1) is 17.7 Å². The number of methoxy groups -OCH3 is 1. The lowest BCUT2D eigenvalue weighted by molar-refractivity contribution is -0.124. The van der Waals surface area contributed by atoms with Gasteiger partial charge in [0, 0.05) is 17.4 Å². The van der Waals surface area contributed by atoms with Crippen LogP contribution in [0.5, 0.6) is 0 Å². The molecule has 2 aliphatic carbocycles. The summed E-state index contributed by atoms with van der Waals surface area (Å²) in [6.07, 6.45) is 8.48. The van der Waals surface area contributed by atoms with Crippen molar-refractivity contribution in [3.63, 3.8) is 0 Å². The van der Waals surface area contributed by atoms with Gasteiger partial charge in [0.25, 0.3) is 0 Å². The zero-order chi connectivity index (χ0) is 27.9. The van der Waals surface area contributed by atoms with Crippen LogP contribution in [0.25, 0.3) is 0 Å². The first kappa shape index (κ1) is 34.2. The standard InChI is InChI=1S/C23H31NO3S.C3H9N.2C2H6/c1-23(2,3)14-13-18-15-19(20(28-18)22(26)27-4)24(17-11-8-12-17)21(25)16-9-6-5-7-10-16;1-4(2)3;2*1-2/h15-17H,5-12H2,1-4H3;1-3H3;2*1-2H3. The Balaban J connectivity index is 0.00000137. The third-order valence-electron chi connectivity index (χ3n) is 5.54. The lowest BCUT2D eigenvalue weighted by Gasteiger charge is -2.40. The number of carbonyl (C=O) groups excluding carboxylic acids is 2. The molecule has 1 aromatic heterocycles. The number of hydrogen-bond acceptors (Lipinski definition) is 5. The van der Waals surface area contributed by atoms with Gasteiger partial charge in [-0.05, 0) is 80.1 Å². The van der Waals surface area contributed by atoms with Gasteiger partial charge in [-0.25, -0.2) is 4.79 Å². The number of nitrogens with zero attached hydrogens (tertiary/aromatic N) is 2. The average molecular weight is 521 g/mol. The molecule has 1 amide bonds. The van der Waals surface area contributed by atoms with Crippen LogP contribution in [0.3, 0.4) is 0 Å². The Morgan fingerprint density at radius 3 is 1.89 bits per heavy atom. The second-order valence-electron chi connectivity index (χ2n) is 10.3. The van der Waals surface area contributed by atoms with Crippen molar-refractivity contribution >= 4 is 28.9 Å². The van der Waals surface area contributed by atoms with Gasteiger partial charge in [-0.1, -0.05) is 58.8 Å². The van der Waals surface area contributed by atoms with Gasteiger partial charge in [-0.3, -0.25) is 4.79 Å². The van der Waals surface area contributed by atoms with E-state index in [1.807, 2.05) is 64.7 Å². The Morgan fingerprint density at radius 1 is 0.944 bits per heavy atom. The van der Waals surface area contributed by atoms with Gasteiger partial charge in [0.15, 0.2) is 0 Å². The zero-order valence-corrected chi connectivity index (χ0v) is 25.7. The normalized spacial score (nSPS) is 15.3. The van der Waals surface area contributed by atoms with E-state index in [9.17, 15) is 9.59 Å². The van der Waals surface area contributed by atoms with Crippen LogP contribution in [-0.4, -0.2) is 51.1 Å². The molecule has 0 saturated heterocycles. The maximum Gasteiger partial charge on any atom is 0.350 e. The van der Waals surface area contributed by atoms with Gasteiger partial charge in [0.1, 0.15) is 4.88 Å². The fourth-order valence-electron chi connectivity index (χ4n) is 3.80. The summed E-state index contributed by atoms with van der Waals surface area (Å²) in [5.74, 6) is 6.30. The van der Waals surface area contributed by atoms with Crippen molar-refractivity contribution in [2.24, 2.45) is 11.3 Å². The van der Waals surface area contributed by atoms with Gasteiger partial charge >= 0.3 is 5.97 Å². The van der Waals surface area contributed by atoms with Crippen LogP contribution in [-0.2, 0) is 9.53 Å². The van der Waals surface area contributed by atoms with E-state index in [2.05, 4.69) is 32.6 Å². The maximum atomic E-state index is 13.5. The second-order valence-corrected chi connectivity index (χ2v) is 11.3. The van der Waals surface area contributed by atoms with E-state index in [0.717, 1.165) is 49.8 Å². The first-order valence-corrected chi connectivity index (χ1v) is 14.5. The maximum absolute atomic E-state index is 13.5. The van der Waals surface area contributed by atoms with Crippen LogP contribution in [0.2, 0.25) is 0 Å². The van der Waals surface area contributed by atoms with Crippen LogP contribution in [0.15, 0.2) is 6.07 Å². The molecule has 0 N–H and O–H groups in total. The molecule has 0 radical (unpaired) electrons. The quantitative estimate of drug-likeness (QED) is 0.302. The Morgan fingerprint density at radius 2 is 1.47 bits per heavy atom. The van der Waals surface area contributed by atoms with Crippen molar-refractivity contribution in [3.8, 4) is 11.8 Å².